The largest absolute Gasteiger partial charge is 0.508 e. The van der Waals surface area contributed by atoms with Crippen LogP contribution < -0.4 is 0 Å². The first-order valence-electron chi connectivity index (χ1n) is 7.76. The van der Waals surface area contributed by atoms with E-state index in [2.05, 4.69) is 31.9 Å². The number of carbonyl (C=O) groups is 1. The summed E-state index contributed by atoms with van der Waals surface area (Å²) in [6.45, 7) is 3.03. The molecule has 2 rings (SSSR count). The summed E-state index contributed by atoms with van der Waals surface area (Å²) in [6, 6.07) is 5.75. The normalized spacial score (nSPS) is 10.4. The van der Waals surface area contributed by atoms with Crippen molar-refractivity contribution in [1.29, 1.82) is 0 Å². The molecule has 0 saturated carbocycles. The molecule has 148 valence electrons. The maximum Gasteiger partial charge on any atom is 0.508 e. The summed E-state index contributed by atoms with van der Waals surface area (Å²) < 4.78 is 10.7. The van der Waals surface area contributed by atoms with Gasteiger partial charge in [0.15, 0.2) is 0 Å². The third-order valence-electron chi connectivity index (χ3n) is 3.90. The van der Waals surface area contributed by atoms with E-state index in [0.717, 1.165) is 0 Å². The van der Waals surface area contributed by atoms with Gasteiger partial charge < -0.3 is 9.47 Å². The summed E-state index contributed by atoms with van der Waals surface area (Å²) in [7, 11) is 0. The first kappa shape index (κ1) is 21.8. The highest BCUT2D eigenvalue weighted by Gasteiger charge is 2.18. The van der Waals surface area contributed by atoms with Crippen LogP contribution in [0.25, 0.3) is 0 Å². The zero-order valence-electron chi connectivity index (χ0n) is 14.7. The molecule has 0 fully saturated rings. The van der Waals surface area contributed by atoms with Crippen molar-refractivity contribution < 1.29 is 24.1 Å². The smallest absolute Gasteiger partial charge is 0.429 e. The highest BCUT2D eigenvalue weighted by atomic mass is 79.9. The van der Waals surface area contributed by atoms with Gasteiger partial charge in [-0.25, -0.2) is 4.79 Å². The van der Waals surface area contributed by atoms with Crippen molar-refractivity contribution in [3.63, 3.8) is 0 Å². The lowest BCUT2D eigenvalue weighted by molar-refractivity contribution is -0.385. The Morgan fingerprint density at radius 3 is 1.54 bits per heavy atom. The molecule has 9 nitrogen and oxygen atoms in total. The third-order valence-corrected chi connectivity index (χ3v) is 5.17. The van der Waals surface area contributed by atoms with Gasteiger partial charge in [0.2, 0.25) is 0 Å². The van der Waals surface area contributed by atoms with Crippen molar-refractivity contribution in [3.05, 3.63) is 75.7 Å². The van der Waals surface area contributed by atoms with Crippen LogP contribution in [-0.2, 0) is 22.7 Å². The Labute approximate surface area is 176 Å². The number of carbonyl (C=O) groups excluding carboxylic acids is 1. The van der Waals surface area contributed by atoms with Gasteiger partial charge in [0.25, 0.3) is 11.4 Å². The molecule has 0 aliphatic heterocycles. The van der Waals surface area contributed by atoms with E-state index in [0.29, 0.717) is 31.2 Å². The molecule has 0 saturated heterocycles. The van der Waals surface area contributed by atoms with Gasteiger partial charge in [-0.3, -0.25) is 20.2 Å². The Morgan fingerprint density at radius 2 is 1.21 bits per heavy atom. The van der Waals surface area contributed by atoms with E-state index >= 15 is 0 Å². The number of benzene rings is 2. The van der Waals surface area contributed by atoms with E-state index in [4.69, 9.17) is 9.47 Å². The Bertz CT molecular complexity index is 888. The second-order valence-corrected chi connectivity index (χ2v) is 7.51. The van der Waals surface area contributed by atoms with Crippen LogP contribution in [0.2, 0.25) is 0 Å². The summed E-state index contributed by atoms with van der Waals surface area (Å²) in [5.41, 5.74) is 2.03. The molecule has 0 aromatic heterocycles. The van der Waals surface area contributed by atoms with Crippen molar-refractivity contribution >= 4 is 49.4 Å². The van der Waals surface area contributed by atoms with E-state index in [1.807, 2.05) is 0 Å². The highest BCUT2D eigenvalue weighted by Crippen LogP contribution is 2.30. The molecule has 28 heavy (non-hydrogen) atoms. The molecule has 0 atom stereocenters. The van der Waals surface area contributed by atoms with Crippen LogP contribution in [0.4, 0.5) is 16.2 Å². The minimum Gasteiger partial charge on any atom is -0.429 e. The number of rotatable bonds is 6. The predicted molar refractivity (Wildman–Crippen MR) is 106 cm³/mol. The second-order valence-electron chi connectivity index (χ2n) is 5.80. The van der Waals surface area contributed by atoms with Crippen LogP contribution in [0.1, 0.15) is 22.3 Å². The molecule has 11 heteroatoms. The summed E-state index contributed by atoms with van der Waals surface area (Å²) in [5, 5.41) is 22.0. The van der Waals surface area contributed by atoms with E-state index in [1.54, 1.807) is 26.0 Å². The molecule has 0 unspecified atom stereocenters. The zero-order valence-corrected chi connectivity index (χ0v) is 17.9. The van der Waals surface area contributed by atoms with E-state index < -0.39 is 16.0 Å². The SMILES string of the molecule is Cc1cc(Br)c([N+](=O)[O-])cc1COC(=O)OCc1cc([N+](=O)[O-])c(Br)cc1C. The Balaban J connectivity index is 2.03. The number of nitro groups is 2. The molecular formula is C17H14Br2N2O7. The molecule has 0 N–H and O–H groups in total. The summed E-state index contributed by atoms with van der Waals surface area (Å²) in [4.78, 5) is 32.8. The lowest BCUT2D eigenvalue weighted by Gasteiger charge is -2.10. The lowest BCUT2D eigenvalue weighted by Crippen LogP contribution is -2.09. The Hall–Kier alpha value is -2.53. The fraction of sp³-hybridized carbons (Fsp3) is 0.235. The molecule has 0 heterocycles. The van der Waals surface area contributed by atoms with E-state index in [9.17, 15) is 25.0 Å². The van der Waals surface area contributed by atoms with Gasteiger partial charge in [0.05, 0.1) is 18.8 Å². The maximum atomic E-state index is 11.9. The molecule has 2 aromatic carbocycles. The quantitative estimate of drug-likeness (QED) is 0.281. The maximum absolute atomic E-state index is 11.9. The van der Waals surface area contributed by atoms with Crippen molar-refractivity contribution in [2.45, 2.75) is 27.1 Å². The summed E-state index contributed by atoms with van der Waals surface area (Å²) in [5.74, 6) is 0. The molecule has 0 aliphatic carbocycles. The minimum absolute atomic E-state index is 0.143. The number of ether oxygens (including phenoxy) is 2. The van der Waals surface area contributed by atoms with Gasteiger partial charge in [-0.2, -0.15) is 0 Å². The van der Waals surface area contributed by atoms with Crippen molar-refractivity contribution in [2.24, 2.45) is 0 Å². The molecule has 0 amide bonds. The predicted octanol–water partition coefficient (Wildman–Crippen LogP) is 5.50. The van der Waals surface area contributed by atoms with Gasteiger partial charge in [-0.1, -0.05) is 0 Å². The van der Waals surface area contributed by atoms with E-state index in [1.165, 1.54) is 12.1 Å². The molecule has 0 radical (unpaired) electrons. The zero-order chi connectivity index (χ0) is 21.0. The third kappa shape index (κ3) is 5.26. The van der Waals surface area contributed by atoms with Crippen LogP contribution in [-0.4, -0.2) is 16.0 Å². The number of nitrogens with zero attached hydrogens (tertiary/aromatic N) is 2. The van der Waals surface area contributed by atoms with Gasteiger partial charge >= 0.3 is 6.16 Å². The molecule has 0 bridgehead atoms. The minimum atomic E-state index is -0.991. The first-order chi connectivity index (χ1) is 13.1. The highest BCUT2D eigenvalue weighted by molar-refractivity contribution is 9.11. The molecule has 0 aliphatic rings. The fourth-order valence-electron chi connectivity index (χ4n) is 2.31. The van der Waals surface area contributed by atoms with Crippen LogP contribution in [0.15, 0.2) is 33.2 Å². The molecular weight excluding hydrogens is 504 g/mol. The number of halogens is 2. The van der Waals surface area contributed by atoms with Crippen molar-refractivity contribution in [1.82, 2.24) is 0 Å². The molecule has 0 spiro atoms. The van der Waals surface area contributed by atoms with Crippen molar-refractivity contribution in [2.75, 3.05) is 0 Å². The van der Waals surface area contributed by atoms with Crippen LogP contribution in [0, 0.1) is 34.1 Å². The van der Waals surface area contributed by atoms with Crippen LogP contribution in [0.3, 0.4) is 0 Å². The Kier molecular flexibility index (Phi) is 7.08. The lowest BCUT2D eigenvalue weighted by atomic mass is 10.1. The number of hydrogen-bond donors (Lipinski definition) is 0. The fourth-order valence-corrected chi connectivity index (χ4v) is 3.52. The van der Waals surface area contributed by atoms with Crippen LogP contribution in [0.5, 0.6) is 0 Å². The van der Waals surface area contributed by atoms with Crippen LogP contribution >= 0.6 is 31.9 Å². The van der Waals surface area contributed by atoms with Gasteiger partial charge in [-0.05, 0) is 80.1 Å². The average molecular weight is 518 g/mol. The van der Waals surface area contributed by atoms with Crippen molar-refractivity contribution in [3.8, 4) is 0 Å². The van der Waals surface area contributed by atoms with Gasteiger partial charge in [-0.15, -0.1) is 0 Å². The van der Waals surface area contributed by atoms with E-state index in [-0.39, 0.29) is 24.6 Å². The monoisotopic (exact) mass is 516 g/mol. The molecule has 2 aromatic rings. The number of hydrogen-bond acceptors (Lipinski definition) is 7. The average Bonchev–Trinajstić information content (AvgIpc) is 2.59. The first-order valence-corrected chi connectivity index (χ1v) is 9.35. The summed E-state index contributed by atoms with van der Waals surface area (Å²) in [6.07, 6.45) is -0.991. The number of nitro benzene ring substituents is 2. The van der Waals surface area contributed by atoms with Gasteiger partial charge in [0.1, 0.15) is 13.2 Å². The summed E-state index contributed by atoms with van der Waals surface area (Å²) >= 11 is 6.23. The number of aryl methyl sites for hydroxylation is 2. The standard InChI is InChI=1S/C17H14Br2N2O7/c1-9-3-13(18)15(20(23)24)5-11(9)7-27-17(22)28-8-12-6-16(21(25)26)14(19)4-10(12)2/h3-6H,7-8H2,1-2H3. The second kappa shape index (κ2) is 9.11. The topological polar surface area (TPSA) is 122 Å². The Morgan fingerprint density at radius 1 is 0.857 bits per heavy atom. The van der Waals surface area contributed by atoms with Gasteiger partial charge in [0, 0.05) is 12.1 Å².